The van der Waals surface area contributed by atoms with Gasteiger partial charge in [0.15, 0.2) is 0 Å². The predicted octanol–water partition coefficient (Wildman–Crippen LogP) is 1.34. The summed E-state index contributed by atoms with van der Waals surface area (Å²) in [7, 11) is 0. The van der Waals surface area contributed by atoms with Crippen molar-refractivity contribution in [3.8, 4) is 6.07 Å². The molecule has 0 aliphatic heterocycles. The molecule has 0 unspecified atom stereocenters. The Labute approximate surface area is 90.0 Å². The molecular formula is C9H10F2N2OS. The van der Waals surface area contributed by atoms with Crippen molar-refractivity contribution in [1.82, 2.24) is 5.32 Å². The standard InChI is InChI=1S/C9H10F2N2OS/c10-9(11,6-14)5-13-4-8-2-1-7(3-12)15-8/h1-2,13-14H,4-6H2. The molecule has 0 bridgehead atoms. The van der Waals surface area contributed by atoms with Crippen LogP contribution in [0.25, 0.3) is 0 Å². The fourth-order valence-electron chi connectivity index (χ4n) is 0.957. The van der Waals surface area contributed by atoms with E-state index < -0.39 is 19.1 Å². The molecule has 0 fully saturated rings. The minimum Gasteiger partial charge on any atom is -0.390 e. The van der Waals surface area contributed by atoms with Crippen LogP contribution in [0.4, 0.5) is 8.78 Å². The zero-order chi connectivity index (χ0) is 11.3. The van der Waals surface area contributed by atoms with Crippen molar-refractivity contribution >= 4 is 11.3 Å². The monoisotopic (exact) mass is 232 g/mol. The highest BCUT2D eigenvalue weighted by molar-refractivity contribution is 7.12. The van der Waals surface area contributed by atoms with Gasteiger partial charge in [-0.2, -0.15) is 5.26 Å². The summed E-state index contributed by atoms with van der Waals surface area (Å²) in [5.41, 5.74) is 0. The first-order valence-corrected chi connectivity index (χ1v) is 5.07. The first kappa shape index (κ1) is 12.0. The molecule has 0 aliphatic carbocycles. The van der Waals surface area contributed by atoms with E-state index in [0.29, 0.717) is 4.88 Å². The number of rotatable bonds is 5. The van der Waals surface area contributed by atoms with Crippen LogP contribution < -0.4 is 5.32 Å². The summed E-state index contributed by atoms with van der Waals surface area (Å²) in [6, 6.07) is 5.33. The molecule has 1 aromatic rings. The van der Waals surface area contributed by atoms with E-state index in [1.807, 2.05) is 6.07 Å². The van der Waals surface area contributed by atoms with E-state index in [0.717, 1.165) is 4.88 Å². The van der Waals surface area contributed by atoms with Crippen LogP contribution >= 0.6 is 11.3 Å². The van der Waals surface area contributed by atoms with Gasteiger partial charge in [0.1, 0.15) is 17.6 Å². The molecule has 0 atom stereocenters. The third-order valence-electron chi connectivity index (χ3n) is 1.69. The number of alkyl halides is 2. The van der Waals surface area contributed by atoms with Gasteiger partial charge in [0, 0.05) is 11.4 Å². The summed E-state index contributed by atoms with van der Waals surface area (Å²) in [6.45, 7) is -1.45. The third-order valence-corrected chi connectivity index (χ3v) is 2.68. The zero-order valence-electron chi connectivity index (χ0n) is 7.83. The average molecular weight is 232 g/mol. The van der Waals surface area contributed by atoms with Gasteiger partial charge in [0.2, 0.25) is 0 Å². The smallest absolute Gasteiger partial charge is 0.282 e. The molecule has 0 amide bonds. The summed E-state index contributed by atoms with van der Waals surface area (Å²) >= 11 is 1.26. The number of aliphatic hydroxyl groups excluding tert-OH is 1. The molecular weight excluding hydrogens is 222 g/mol. The fraction of sp³-hybridized carbons (Fsp3) is 0.444. The number of nitrogens with one attached hydrogen (secondary N) is 1. The number of thiophene rings is 1. The van der Waals surface area contributed by atoms with Gasteiger partial charge in [-0.15, -0.1) is 11.3 Å². The molecule has 0 radical (unpaired) electrons. The van der Waals surface area contributed by atoms with E-state index in [1.54, 1.807) is 12.1 Å². The normalized spacial score (nSPS) is 11.3. The predicted molar refractivity (Wildman–Crippen MR) is 52.8 cm³/mol. The second-order valence-corrected chi connectivity index (χ2v) is 4.16. The van der Waals surface area contributed by atoms with Gasteiger partial charge in [0.05, 0.1) is 6.54 Å². The van der Waals surface area contributed by atoms with Gasteiger partial charge < -0.3 is 10.4 Å². The average Bonchev–Trinajstić information content (AvgIpc) is 2.66. The van der Waals surface area contributed by atoms with E-state index in [-0.39, 0.29) is 6.54 Å². The Hall–Kier alpha value is -1.03. The van der Waals surface area contributed by atoms with E-state index in [1.165, 1.54) is 11.3 Å². The quantitative estimate of drug-likeness (QED) is 0.805. The Morgan fingerprint density at radius 3 is 2.80 bits per heavy atom. The van der Waals surface area contributed by atoms with Gasteiger partial charge in [-0.25, -0.2) is 8.78 Å². The molecule has 1 aromatic heterocycles. The van der Waals surface area contributed by atoms with Gasteiger partial charge in [0.25, 0.3) is 5.92 Å². The minimum absolute atomic E-state index is 0.280. The van der Waals surface area contributed by atoms with Gasteiger partial charge in [-0.1, -0.05) is 0 Å². The zero-order valence-corrected chi connectivity index (χ0v) is 8.65. The van der Waals surface area contributed by atoms with Gasteiger partial charge in [-0.05, 0) is 12.1 Å². The summed E-state index contributed by atoms with van der Waals surface area (Å²) < 4.78 is 25.1. The number of halogens is 2. The van der Waals surface area contributed by atoms with Crippen LogP contribution in [-0.2, 0) is 6.54 Å². The van der Waals surface area contributed by atoms with E-state index in [2.05, 4.69) is 5.32 Å². The van der Waals surface area contributed by atoms with Crippen LogP contribution in [0.15, 0.2) is 12.1 Å². The Morgan fingerprint density at radius 1 is 1.53 bits per heavy atom. The molecule has 1 rings (SSSR count). The molecule has 6 heteroatoms. The second kappa shape index (κ2) is 5.16. The van der Waals surface area contributed by atoms with Crippen LogP contribution in [0.1, 0.15) is 9.75 Å². The van der Waals surface area contributed by atoms with Crippen LogP contribution in [0, 0.1) is 11.3 Å². The molecule has 2 N–H and O–H groups in total. The number of hydrogen-bond acceptors (Lipinski definition) is 4. The Kier molecular flexibility index (Phi) is 4.15. The molecule has 82 valence electrons. The van der Waals surface area contributed by atoms with Crippen molar-refractivity contribution in [3.05, 3.63) is 21.9 Å². The Morgan fingerprint density at radius 2 is 2.27 bits per heavy atom. The molecule has 0 saturated carbocycles. The summed E-state index contributed by atoms with van der Waals surface area (Å²) in [5, 5.41) is 19.4. The number of nitriles is 1. The number of nitrogens with zero attached hydrogens (tertiary/aromatic N) is 1. The van der Waals surface area contributed by atoms with Gasteiger partial charge in [-0.3, -0.25) is 0 Å². The van der Waals surface area contributed by atoms with Crippen LogP contribution in [0.3, 0.4) is 0 Å². The summed E-state index contributed by atoms with van der Waals surface area (Å²) in [4.78, 5) is 1.38. The van der Waals surface area contributed by atoms with Crippen LogP contribution in [0.2, 0.25) is 0 Å². The first-order chi connectivity index (χ1) is 7.07. The van der Waals surface area contributed by atoms with Crippen molar-refractivity contribution in [1.29, 1.82) is 5.26 Å². The molecule has 1 heterocycles. The highest BCUT2D eigenvalue weighted by atomic mass is 32.1. The summed E-state index contributed by atoms with van der Waals surface area (Å²) in [5.74, 6) is -3.09. The van der Waals surface area contributed by atoms with E-state index >= 15 is 0 Å². The van der Waals surface area contributed by atoms with E-state index in [9.17, 15) is 8.78 Å². The lowest BCUT2D eigenvalue weighted by atomic mass is 10.3. The largest absolute Gasteiger partial charge is 0.390 e. The first-order valence-electron chi connectivity index (χ1n) is 4.25. The number of hydrogen-bond donors (Lipinski definition) is 2. The maximum absolute atomic E-state index is 12.6. The van der Waals surface area contributed by atoms with Crippen molar-refractivity contribution in [2.75, 3.05) is 13.2 Å². The molecule has 0 saturated heterocycles. The van der Waals surface area contributed by atoms with Crippen molar-refractivity contribution < 1.29 is 13.9 Å². The lowest BCUT2D eigenvalue weighted by molar-refractivity contribution is -0.0477. The molecule has 0 spiro atoms. The van der Waals surface area contributed by atoms with Gasteiger partial charge >= 0.3 is 0 Å². The molecule has 3 nitrogen and oxygen atoms in total. The highest BCUT2D eigenvalue weighted by Gasteiger charge is 2.26. The lowest BCUT2D eigenvalue weighted by Crippen LogP contribution is -2.35. The summed E-state index contributed by atoms with van der Waals surface area (Å²) in [6.07, 6.45) is 0. The molecule has 0 aromatic carbocycles. The Balaban J connectivity index is 2.35. The molecule has 0 aliphatic rings. The van der Waals surface area contributed by atoms with Crippen molar-refractivity contribution in [3.63, 3.8) is 0 Å². The molecule has 15 heavy (non-hydrogen) atoms. The maximum Gasteiger partial charge on any atom is 0.282 e. The Bertz CT molecular complexity index is 359. The lowest BCUT2D eigenvalue weighted by Gasteiger charge is -2.13. The topological polar surface area (TPSA) is 56.0 Å². The van der Waals surface area contributed by atoms with Crippen molar-refractivity contribution in [2.45, 2.75) is 12.5 Å². The SMILES string of the molecule is N#Cc1ccc(CNCC(F)(F)CO)s1. The minimum atomic E-state index is -3.09. The maximum atomic E-state index is 12.6. The van der Waals surface area contributed by atoms with Crippen molar-refractivity contribution in [2.24, 2.45) is 0 Å². The van der Waals surface area contributed by atoms with Crippen LogP contribution in [0.5, 0.6) is 0 Å². The number of aliphatic hydroxyl groups is 1. The third kappa shape index (κ3) is 3.91. The highest BCUT2D eigenvalue weighted by Crippen LogP contribution is 2.15. The fourth-order valence-corrected chi connectivity index (χ4v) is 1.73. The second-order valence-electron chi connectivity index (χ2n) is 3.00. The van der Waals surface area contributed by atoms with Crippen LogP contribution in [-0.4, -0.2) is 24.2 Å². The van der Waals surface area contributed by atoms with E-state index in [4.69, 9.17) is 10.4 Å².